The van der Waals surface area contributed by atoms with Crippen LogP contribution in [0.5, 0.6) is 5.75 Å². The summed E-state index contributed by atoms with van der Waals surface area (Å²) in [5, 5.41) is 10.4. The average molecular weight is 419 g/mol. The van der Waals surface area contributed by atoms with E-state index in [2.05, 4.69) is 47.6 Å². The number of hydrogen-bond acceptors (Lipinski definition) is 2. The van der Waals surface area contributed by atoms with E-state index in [0.717, 1.165) is 24.7 Å². The normalized spacial score (nSPS) is 12.3. The predicted octanol–water partition coefficient (Wildman–Crippen LogP) is 7.04. The molecule has 1 rings (SSSR count). The molecule has 1 aromatic carbocycles. The minimum Gasteiger partial charge on any atom is -0.507 e. The van der Waals surface area contributed by atoms with E-state index < -0.39 is 0 Å². The third-order valence-corrected chi connectivity index (χ3v) is 6.44. The van der Waals surface area contributed by atoms with Gasteiger partial charge in [-0.25, -0.2) is 0 Å². The molecule has 0 aliphatic rings. The molecule has 0 fully saturated rings. The molecule has 0 radical (unpaired) electrons. The molecule has 3 heteroatoms. The Balaban J connectivity index is 2.84. The maximum atomic E-state index is 11.5. The summed E-state index contributed by atoms with van der Waals surface area (Å²) in [7, 11) is 0. The fourth-order valence-electron chi connectivity index (χ4n) is 4.45. The lowest BCUT2D eigenvalue weighted by atomic mass is 9.83. The fourth-order valence-corrected chi connectivity index (χ4v) is 4.45. The predicted molar refractivity (Wildman–Crippen MR) is 130 cm³/mol. The van der Waals surface area contributed by atoms with Crippen LogP contribution in [0.15, 0.2) is 12.1 Å². The number of aromatic hydroxyl groups is 1. The first-order valence-electron chi connectivity index (χ1n) is 12.4. The first-order valence-corrected chi connectivity index (χ1v) is 12.4. The minimum atomic E-state index is -0.176. The molecule has 0 atom stereocenters. The zero-order valence-corrected chi connectivity index (χ0v) is 20.7. The van der Waals surface area contributed by atoms with Crippen LogP contribution in [0.1, 0.15) is 114 Å². The van der Waals surface area contributed by atoms with E-state index in [-0.39, 0.29) is 11.2 Å². The molecule has 0 aromatic heterocycles. The van der Waals surface area contributed by atoms with Gasteiger partial charge in [0.15, 0.2) is 6.29 Å². The second-order valence-electron chi connectivity index (χ2n) is 10.2. The van der Waals surface area contributed by atoms with Crippen molar-refractivity contribution in [3.05, 3.63) is 28.8 Å². The summed E-state index contributed by atoms with van der Waals surface area (Å²) in [5.74, 6) is 0.149. The van der Waals surface area contributed by atoms with Crippen LogP contribution in [0, 0.1) is 0 Å². The van der Waals surface area contributed by atoms with Crippen LogP contribution >= 0.6 is 0 Å². The van der Waals surface area contributed by atoms with E-state index in [1.54, 1.807) is 0 Å². The number of rotatable bonds is 15. The molecule has 0 saturated heterocycles. The SMILES string of the molecule is CCCC[N+](CCCC)(CCCC)CCCCc1cc(C=O)c(O)c(C(C)(C)C)c1. The van der Waals surface area contributed by atoms with Gasteiger partial charge < -0.3 is 9.59 Å². The van der Waals surface area contributed by atoms with Crippen molar-refractivity contribution in [2.45, 2.75) is 105 Å². The van der Waals surface area contributed by atoms with Crippen LogP contribution in [0.3, 0.4) is 0 Å². The fraction of sp³-hybridized carbons (Fsp3) is 0.741. The number of aryl methyl sites for hydroxylation is 1. The number of quaternary nitrogens is 1. The zero-order valence-electron chi connectivity index (χ0n) is 20.7. The van der Waals surface area contributed by atoms with Crippen molar-refractivity contribution in [2.24, 2.45) is 0 Å². The highest BCUT2D eigenvalue weighted by Crippen LogP contribution is 2.34. The van der Waals surface area contributed by atoms with Crippen molar-refractivity contribution >= 4 is 6.29 Å². The molecular weight excluding hydrogens is 370 g/mol. The number of phenols is 1. The average Bonchev–Trinajstić information content (AvgIpc) is 2.71. The van der Waals surface area contributed by atoms with E-state index >= 15 is 0 Å². The van der Waals surface area contributed by atoms with Crippen molar-refractivity contribution in [2.75, 3.05) is 26.2 Å². The summed E-state index contributed by atoms with van der Waals surface area (Å²) in [6, 6.07) is 3.99. The minimum absolute atomic E-state index is 0.149. The van der Waals surface area contributed by atoms with E-state index in [9.17, 15) is 9.90 Å². The van der Waals surface area contributed by atoms with Gasteiger partial charge in [-0.15, -0.1) is 0 Å². The first kappa shape index (κ1) is 26.7. The summed E-state index contributed by atoms with van der Waals surface area (Å²) >= 11 is 0. The Kier molecular flexibility index (Phi) is 11.7. The van der Waals surface area contributed by atoms with Gasteiger partial charge in [0.2, 0.25) is 0 Å². The lowest BCUT2D eigenvalue weighted by Gasteiger charge is -2.39. The molecule has 30 heavy (non-hydrogen) atoms. The van der Waals surface area contributed by atoms with Crippen molar-refractivity contribution in [3.63, 3.8) is 0 Å². The van der Waals surface area contributed by atoms with Crippen LogP contribution in [0.25, 0.3) is 0 Å². The number of hydrogen-bond donors (Lipinski definition) is 1. The molecule has 0 aliphatic carbocycles. The number of unbranched alkanes of at least 4 members (excludes halogenated alkanes) is 4. The number of phenolic OH excluding ortho intramolecular Hbond substituents is 1. The van der Waals surface area contributed by atoms with Crippen LogP contribution in [0.2, 0.25) is 0 Å². The van der Waals surface area contributed by atoms with Gasteiger partial charge in [0.05, 0.1) is 31.7 Å². The molecule has 0 bridgehead atoms. The molecule has 0 aliphatic heterocycles. The smallest absolute Gasteiger partial charge is 0.153 e. The Morgan fingerprint density at radius 3 is 1.77 bits per heavy atom. The lowest BCUT2D eigenvalue weighted by molar-refractivity contribution is -0.929. The highest BCUT2D eigenvalue weighted by atomic mass is 16.3. The van der Waals surface area contributed by atoms with Gasteiger partial charge >= 0.3 is 0 Å². The maximum Gasteiger partial charge on any atom is 0.153 e. The summed E-state index contributed by atoms with van der Waals surface area (Å²) in [6.45, 7) is 18.4. The Morgan fingerprint density at radius 1 is 0.833 bits per heavy atom. The van der Waals surface area contributed by atoms with Gasteiger partial charge in [0.25, 0.3) is 0 Å². The zero-order chi connectivity index (χ0) is 22.6. The second-order valence-corrected chi connectivity index (χ2v) is 10.2. The number of benzene rings is 1. The molecule has 3 nitrogen and oxygen atoms in total. The van der Waals surface area contributed by atoms with Crippen molar-refractivity contribution in [1.29, 1.82) is 0 Å². The third kappa shape index (κ3) is 8.41. The number of carbonyl (C=O) groups excluding carboxylic acids is 1. The highest BCUT2D eigenvalue weighted by molar-refractivity contribution is 5.80. The van der Waals surface area contributed by atoms with E-state index in [4.69, 9.17) is 0 Å². The maximum absolute atomic E-state index is 11.5. The Labute approximate surface area is 186 Å². The number of carbonyl (C=O) groups is 1. The van der Waals surface area contributed by atoms with Crippen molar-refractivity contribution in [1.82, 2.24) is 0 Å². The largest absolute Gasteiger partial charge is 0.507 e. The summed E-state index contributed by atoms with van der Waals surface area (Å²) in [5.41, 5.74) is 2.30. The molecule has 0 heterocycles. The van der Waals surface area contributed by atoms with Crippen LogP contribution < -0.4 is 0 Å². The summed E-state index contributed by atoms with van der Waals surface area (Å²) in [4.78, 5) is 11.5. The Hall–Kier alpha value is -1.35. The van der Waals surface area contributed by atoms with E-state index in [0.29, 0.717) is 5.56 Å². The standard InChI is InChI=1S/C27H47NO2/c1-7-10-16-28(17-11-8-2,18-12-9-3)19-14-13-15-23-20-24(22-29)26(30)25(21-23)27(4,5)6/h20-22H,7-19H2,1-6H3/p+1. The Bertz CT molecular complexity index is 609. The quantitative estimate of drug-likeness (QED) is 0.188. The molecular formula is C27H48NO2+. The number of nitrogens with zero attached hydrogens (tertiary/aromatic N) is 1. The number of aldehydes is 1. The third-order valence-electron chi connectivity index (χ3n) is 6.44. The van der Waals surface area contributed by atoms with Gasteiger partial charge in [-0.2, -0.15) is 0 Å². The van der Waals surface area contributed by atoms with Crippen molar-refractivity contribution in [3.8, 4) is 5.75 Å². The van der Waals surface area contributed by atoms with Gasteiger partial charge in [0, 0.05) is 5.56 Å². The monoisotopic (exact) mass is 418 g/mol. The van der Waals surface area contributed by atoms with Crippen LogP contribution in [-0.2, 0) is 11.8 Å². The molecule has 1 N–H and O–H groups in total. The van der Waals surface area contributed by atoms with Crippen molar-refractivity contribution < 1.29 is 14.4 Å². The molecule has 172 valence electrons. The van der Waals surface area contributed by atoms with Gasteiger partial charge in [-0.05, 0) is 55.6 Å². The highest BCUT2D eigenvalue weighted by Gasteiger charge is 2.25. The van der Waals surface area contributed by atoms with E-state index in [1.807, 2.05) is 6.07 Å². The summed E-state index contributed by atoms with van der Waals surface area (Å²) < 4.78 is 1.29. The van der Waals surface area contributed by atoms with Crippen LogP contribution in [-0.4, -0.2) is 42.1 Å². The van der Waals surface area contributed by atoms with Gasteiger partial charge in [-0.3, -0.25) is 4.79 Å². The molecule has 1 aromatic rings. The molecule has 0 amide bonds. The second kappa shape index (κ2) is 13.1. The van der Waals surface area contributed by atoms with Crippen LogP contribution in [0.4, 0.5) is 0 Å². The molecule has 0 spiro atoms. The molecule has 0 saturated carbocycles. The lowest BCUT2D eigenvalue weighted by Crippen LogP contribution is -2.50. The van der Waals surface area contributed by atoms with Gasteiger partial charge in [-0.1, -0.05) is 66.9 Å². The summed E-state index contributed by atoms with van der Waals surface area (Å²) in [6.07, 6.45) is 11.9. The topological polar surface area (TPSA) is 37.3 Å². The Morgan fingerprint density at radius 2 is 1.33 bits per heavy atom. The first-order chi connectivity index (χ1) is 14.2. The van der Waals surface area contributed by atoms with E-state index in [1.165, 1.54) is 81.2 Å². The van der Waals surface area contributed by atoms with Gasteiger partial charge in [0.1, 0.15) is 5.75 Å². The molecule has 0 unspecified atom stereocenters.